The first-order valence-electron chi connectivity index (χ1n) is 5.98. The molecule has 100 valence electrons. The van der Waals surface area contributed by atoms with Crippen molar-refractivity contribution in [2.24, 2.45) is 0 Å². The van der Waals surface area contributed by atoms with Crippen LogP contribution in [0.5, 0.6) is 5.75 Å². The van der Waals surface area contributed by atoms with Crippen LogP contribution in [-0.2, 0) is 0 Å². The number of carbonyl (C=O) groups excluding carboxylic acids is 1. The van der Waals surface area contributed by atoms with Gasteiger partial charge in [0.05, 0.1) is 6.61 Å². The van der Waals surface area contributed by atoms with E-state index < -0.39 is 0 Å². The number of rotatable bonds is 5. The highest BCUT2D eigenvalue weighted by atomic mass is 79.9. The molecule has 1 aromatic heterocycles. The highest BCUT2D eigenvalue weighted by Gasteiger charge is 2.11. The minimum absolute atomic E-state index is 0.116. The summed E-state index contributed by atoms with van der Waals surface area (Å²) in [6.07, 6.45) is 0.957. The van der Waals surface area contributed by atoms with Gasteiger partial charge in [0.25, 0.3) is 5.91 Å². The molecule has 19 heavy (non-hydrogen) atoms. The lowest BCUT2D eigenvalue weighted by Gasteiger charge is -2.08. The molecule has 2 rings (SSSR count). The Labute approximate surface area is 124 Å². The van der Waals surface area contributed by atoms with E-state index in [1.54, 1.807) is 0 Å². The Morgan fingerprint density at radius 1 is 1.42 bits per heavy atom. The molecule has 0 aliphatic carbocycles. The van der Waals surface area contributed by atoms with Gasteiger partial charge in [-0.15, -0.1) is 11.3 Å². The van der Waals surface area contributed by atoms with Crippen molar-refractivity contribution in [3.63, 3.8) is 0 Å². The van der Waals surface area contributed by atoms with Gasteiger partial charge < -0.3 is 10.1 Å². The van der Waals surface area contributed by atoms with Crippen LogP contribution in [-0.4, -0.2) is 12.5 Å². The fourth-order valence-corrected chi connectivity index (χ4v) is 2.97. The molecule has 1 amide bonds. The van der Waals surface area contributed by atoms with Gasteiger partial charge in [0.1, 0.15) is 10.6 Å². The lowest BCUT2D eigenvalue weighted by Crippen LogP contribution is -2.10. The van der Waals surface area contributed by atoms with E-state index in [0.29, 0.717) is 11.5 Å². The summed E-state index contributed by atoms with van der Waals surface area (Å²) in [7, 11) is 0. The number of hydrogen-bond acceptors (Lipinski definition) is 3. The van der Waals surface area contributed by atoms with Crippen LogP contribution >= 0.6 is 27.3 Å². The molecule has 0 atom stereocenters. The minimum Gasteiger partial charge on any atom is -0.494 e. The second-order valence-electron chi connectivity index (χ2n) is 3.93. The summed E-state index contributed by atoms with van der Waals surface area (Å²) in [4.78, 5) is 12.7. The first kappa shape index (κ1) is 14.1. The van der Waals surface area contributed by atoms with E-state index in [-0.39, 0.29) is 5.91 Å². The largest absolute Gasteiger partial charge is 0.494 e. The lowest BCUT2D eigenvalue weighted by atomic mass is 10.3. The maximum atomic E-state index is 12.0. The van der Waals surface area contributed by atoms with Crippen molar-refractivity contribution in [2.75, 3.05) is 11.9 Å². The van der Waals surface area contributed by atoms with Gasteiger partial charge in [0, 0.05) is 16.2 Å². The molecular weight excluding hydrogens is 326 g/mol. The molecule has 1 heterocycles. The molecule has 0 bridgehead atoms. The van der Waals surface area contributed by atoms with Crippen molar-refractivity contribution in [1.82, 2.24) is 0 Å². The van der Waals surface area contributed by atoms with Crippen molar-refractivity contribution in [3.8, 4) is 5.75 Å². The van der Waals surface area contributed by atoms with Gasteiger partial charge >= 0.3 is 0 Å². The van der Waals surface area contributed by atoms with Crippen molar-refractivity contribution < 1.29 is 9.53 Å². The van der Waals surface area contributed by atoms with Crippen LogP contribution in [0.4, 0.5) is 5.69 Å². The third-order valence-electron chi connectivity index (χ3n) is 2.39. The van der Waals surface area contributed by atoms with E-state index in [1.807, 2.05) is 35.7 Å². The van der Waals surface area contributed by atoms with E-state index in [2.05, 4.69) is 28.2 Å². The molecule has 1 N–H and O–H groups in total. The van der Waals surface area contributed by atoms with Gasteiger partial charge in [-0.25, -0.2) is 0 Å². The van der Waals surface area contributed by atoms with Crippen LogP contribution in [0, 0.1) is 0 Å². The number of benzene rings is 1. The highest BCUT2D eigenvalue weighted by Crippen LogP contribution is 2.24. The van der Waals surface area contributed by atoms with Gasteiger partial charge in [-0.3, -0.25) is 4.79 Å². The van der Waals surface area contributed by atoms with Crippen LogP contribution in [0.2, 0.25) is 0 Å². The van der Waals surface area contributed by atoms with Crippen LogP contribution in [0.3, 0.4) is 0 Å². The predicted molar refractivity (Wildman–Crippen MR) is 82.2 cm³/mol. The topological polar surface area (TPSA) is 38.3 Å². The number of halogens is 1. The Bertz CT molecular complexity index is 568. The van der Waals surface area contributed by atoms with E-state index in [4.69, 9.17) is 4.74 Å². The Hall–Kier alpha value is -1.33. The summed E-state index contributed by atoms with van der Waals surface area (Å²) < 4.78 is 6.35. The van der Waals surface area contributed by atoms with Gasteiger partial charge in [-0.1, -0.05) is 13.0 Å². The number of amides is 1. The molecule has 0 aliphatic heterocycles. The summed E-state index contributed by atoms with van der Waals surface area (Å²) in [5, 5.41) is 4.74. The molecule has 0 saturated carbocycles. The van der Waals surface area contributed by atoms with Crippen molar-refractivity contribution in [2.45, 2.75) is 13.3 Å². The minimum atomic E-state index is -0.116. The van der Waals surface area contributed by atoms with E-state index >= 15 is 0 Å². The van der Waals surface area contributed by atoms with Crippen LogP contribution in [0.15, 0.2) is 40.2 Å². The van der Waals surface area contributed by atoms with E-state index in [1.165, 1.54) is 11.3 Å². The molecule has 3 nitrogen and oxygen atoms in total. The Kier molecular flexibility index (Phi) is 4.99. The third-order valence-corrected chi connectivity index (χ3v) is 4.22. The quantitative estimate of drug-likeness (QED) is 0.867. The SMILES string of the molecule is CCCOc1cccc(NC(=O)c2sccc2Br)c1. The second kappa shape index (κ2) is 6.73. The monoisotopic (exact) mass is 339 g/mol. The fraction of sp³-hybridized carbons (Fsp3) is 0.214. The van der Waals surface area contributed by atoms with Crippen molar-refractivity contribution >= 4 is 38.9 Å². The Balaban J connectivity index is 2.07. The molecule has 2 aromatic rings. The molecule has 0 aliphatic rings. The smallest absolute Gasteiger partial charge is 0.266 e. The molecule has 0 unspecified atom stereocenters. The van der Waals surface area contributed by atoms with Crippen LogP contribution in [0.1, 0.15) is 23.0 Å². The molecule has 5 heteroatoms. The number of hydrogen-bond donors (Lipinski definition) is 1. The summed E-state index contributed by atoms with van der Waals surface area (Å²) in [5.74, 6) is 0.652. The maximum absolute atomic E-state index is 12.0. The van der Waals surface area contributed by atoms with Gasteiger partial charge in [-0.2, -0.15) is 0 Å². The zero-order chi connectivity index (χ0) is 13.7. The normalized spacial score (nSPS) is 10.2. The third kappa shape index (κ3) is 3.81. The van der Waals surface area contributed by atoms with Crippen LogP contribution in [0.25, 0.3) is 0 Å². The standard InChI is InChI=1S/C14H14BrNO2S/c1-2-7-18-11-5-3-4-10(9-11)16-14(17)13-12(15)6-8-19-13/h3-6,8-9H,2,7H2,1H3,(H,16,17). The summed E-state index contributed by atoms with van der Waals surface area (Å²) >= 11 is 4.76. The Morgan fingerprint density at radius 3 is 2.95 bits per heavy atom. The fourth-order valence-electron chi connectivity index (χ4n) is 1.53. The predicted octanol–water partition coefficient (Wildman–Crippen LogP) is 4.55. The molecule has 0 spiro atoms. The van der Waals surface area contributed by atoms with Crippen LogP contribution < -0.4 is 10.1 Å². The average molecular weight is 340 g/mol. The first-order chi connectivity index (χ1) is 9.20. The number of nitrogens with one attached hydrogen (secondary N) is 1. The zero-order valence-corrected chi connectivity index (χ0v) is 12.9. The molecule has 1 aromatic carbocycles. The molecule has 0 fully saturated rings. The molecule has 0 radical (unpaired) electrons. The van der Waals surface area contributed by atoms with E-state index in [0.717, 1.165) is 22.3 Å². The van der Waals surface area contributed by atoms with E-state index in [9.17, 15) is 4.79 Å². The number of carbonyl (C=O) groups is 1. The lowest BCUT2D eigenvalue weighted by molar-refractivity contribution is 0.103. The number of ether oxygens (including phenoxy) is 1. The molecular formula is C14H14BrNO2S. The van der Waals surface area contributed by atoms with Gasteiger partial charge in [-0.05, 0) is 45.9 Å². The molecule has 0 saturated heterocycles. The van der Waals surface area contributed by atoms with Crippen molar-refractivity contribution in [3.05, 3.63) is 45.1 Å². The maximum Gasteiger partial charge on any atom is 0.266 e. The van der Waals surface area contributed by atoms with Gasteiger partial charge in [0.2, 0.25) is 0 Å². The average Bonchev–Trinajstić information content (AvgIpc) is 2.83. The van der Waals surface area contributed by atoms with Crippen molar-refractivity contribution in [1.29, 1.82) is 0 Å². The number of thiophene rings is 1. The highest BCUT2D eigenvalue weighted by molar-refractivity contribution is 9.10. The summed E-state index contributed by atoms with van der Waals surface area (Å²) in [5.41, 5.74) is 0.735. The number of anilines is 1. The first-order valence-corrected chi connectivity index (χ1v) is 7.65. The Morgan fingerprint density at radius 2 is 2.26 bits per heavy atom. The second-order valence-corrected chi connectivity index (χ2v) is 5.70. The zero-order valence-electron chi connectivity index (χ0n) is 10.5. The van der Waals surface area contributed by atoms with Gasteiger partial charge in [0.15, 0.2) is 0 Å². The summed E-state index contributed by atoms with van der Waals surface area (Å²) in [6.45, 7) is 2.73. The summed E-state index contributed by atoms with van der Waals surface area (Å²) in [6, 6.07) is 9.28.